The van der Waals surface area contributed by atoms with Crippen molar-refractivity contribution in [3.63, 3.8) is 0 Å². The van der Waals surface area contributed by atoms with E-state index in [9.17, 15) is 0 Å². The van der Waals surface area contributed by atoms with Gasteiger partial charge in [0.25, 0.3) is 5.89 Å². The summed E-state index contributed by atoms with van der Waals surface area (Å²) in [7, 11) is 0. The highest BCUT2D eigenvalue weighted by Gasteiger charge is 2.39. The van der Waals surface area contributed by atoms with E-state index < -0.39 is 5.54 Å². The molecule has 1 aliphatic carbocycles. The molecule has 1 saturated carbocycles. The summed E-state index contributed by atoms with van der Waals surface area (Å²) in [5.41, 5.74) is 6.69. The molecule has 1 unspecified atom stereocenters. The van der Waals surface area contributed by atoms with Crippen LogP contribution in [0.25, 0.3) is 11.4 Å². The zero-order valence-corrected chi connectivity index (χ0v) is 14.0. The normalized spacial score (nSPS) is 16.9. The van der Waals surface area contributed by atoms with Gasteiger partial charge in [0.05, 0.1) is 5.54 Å². The van der Waals surface area contributed by atoms with E-state index >= 15 is 0 Å². The van der Waals surface area contributed by atoms with Crippen LogP contribution in [0.1, 0.15) is 43.9 Å². The fourth-order valence-electron chi connectivity index (χ4n) is 2.58. The molecular formula is C15H18ClN7O. The van der Waals surface area contributed by atoms with E-state index in [1.54, 1.807) is 0 Å². The van der Waals surface area contributed by atoms with Gasteiger partial charge in [-0.05, 0) is 31.4 Å². The number of tetrazole rings is 1. The van der Waals surface area contributed by atoms with E-state index in [1.807, 2.05) is 37.3 Å². The molecule has 2 aromatic heterocycles. The summed E-state index contributed by atoms with van der Waals surface area (Å²) in [6.45, 7) is 1.89. The summed E-state index contributed by atoms with van der Waals surface area (Å²) in [6.07, 6.45) is 2.88. The minimum Gasteiger partial charge on any atom is -0.337 e. The SMILES string of the molecule is CC(c1nc(C2(N)CCC2)no1)n1nnc(-c2ccccc2)n1.Cl. The number of halogens is 1. The quantitative estimate of drug-likeness (QED) is 0.769. The lowest BCUT2D eigenvalue weighted by Crippen LogP contribution is -2.44. The van der Waals surface area contributed by atoms with Crippen LogP contribution in [0.5, 0.6) is 0 Å². The molecule has 3 aromatic rings. The van der Waals surface area contributed by atoms with Gasteiger partial charge in [-0.15, -0.1) is 22.6 Å². The van der Waals surface area contributed by atoms with E-state index in [1.165, 1.54) is 4.80 Å². The van der Waals surface area contributed by atoms with Crippen LogP contribution in [0.4, 0.5) is 0 Å². The van der Waals surface area contributed by atoms with Crippen LogP contribution in [0, 0.1) is 0 Å². The number of hydrogen-bond acceptors (Lipinski definition) is 7. The van der Waals surface area contributed by atoms with Crippen molar-refractivity contribution in [3.05, 3.63) is 42.0 Å². The standard InChI is InChI=1S/C15H17N7O.ClH/c1-10(13-17-14(20-23-13)15(16)8-5-9-15)22-19-12(18-21-22)11-6-3-2-4-7-11;/h2-4,6-7,10H,5,8-9,16H2,1H3;1H. The van der Waals surface area contributed by atoms with E-state index in [0.717, 1.165) is 24.8 Å². The largest absolute Gasteiger partial charge is 0.337 e. The minimum absolute atomic E-state index is 0. The molecule has 1 aliphatic rings. The molecule has 8 nitrogen and oxygen atoms in total. The smallest absolute Gasteiger partial charge is 0.253 e. The second-order valence-corrected chi connectivity index (χ2v) is 5.94. The molecule has 126 valence electrons. The van der Waals surface area contributed by atoms with Crippen molar-refractivity contribution in [2.24, 2.45) is 5.73 Å². The summed E-state index contributed by atoms with van der Waals surface area (Å²) in [4.78, 5) is 5.91. The highest BCUT2D eigenvalue weighted by Crippen LogP contribution is 2.37. The highest BCUT2D eigenvalue weighted by molar-refractivity contribution is 5.85. The van der Waals surface area contributed by atoms with Crippen molar-refractivity contribution >= 4 is 12.4 Å². The topological polar surface area (TPSA) is 109 Å². The van der Waals surface area contributed by atoms with Crippen LogP contribution in [0.2, 0.25) is 0 Å². The van der Waals surface area contributed by atoms with Crippen LogP contribution in [-0.2, 0) is 5.54 Å². The van der Waals surface area contributed by atoms with Gasteiger partial charge in [-0.3, -0.25) is 0 Å². The average Bonchev–Trinajstić information content (AvgIpc) is 3.22. The Morgan fingerprint density at radius 3 is 2.67 bits per heavy atom. The van der Waals surface area contributed by atoms with Gasteiger partial charge in [0.15, 0.2) is 5.82 Å². The number of aromatic nitrogens is 6. The van der Waals surface area contributed by atoms with Crippen LogP contribution in [0.15, 0.2) is 34.9 Å². The zero-order valence-electron chi connectivity index (χ0n) is 13.2. The van der Waals surface area contributed by atoms with E-state index in [4.69, 9.17) is 10.3 Å². The van der Waals surface area contributed by atoms with Gasteiger partial charge in [0.2, 0.25) is 5.82 Å². The Morgan fingerprint density at radius 2 is 2.00 bits per heavy atom. The maximum absolute atomic E-state index is 6.22. The van der Waals surface area contributed by atoms with Gasteiger partial charge in [0.1, 0.15) is 6.04 Å². The van der Waals surface area contributed by atoms with Gasteiger partial charge in [-0.2, -0.15) is 9.78 Å². The number of hydrogen-bond donors (Lipinski definition) is 1. The molecular weight excluding hydrogens is 330 g/mol. The number of rotatable bonds is 4. The molecule has 1 aromatic carbocycles. The lowest BCUT2D eigenvalue weighted by molar-refractivity contribution is 0.228. The number of nitrogens with two attached hydrogens (primary N) is 1. The molecule has 4 rings (SSSR count). The van der Waals surface area contributed by atoms with E-state index in [2.05, 4.69) is 25.6 Å². The number of nitrogens with zero attached hydrogens (tertiary/aromatic N) is 6. The maximum Gasteiger partial charge on any atom is 0.253 e. The Bertz CT molecular complexity index is 812. The first-order valence-corrected chi connectivity index (χ1v) is 7.64. The molecule has 24 heavy (non-hydrogen) atoms. The van der Waals surface area contributed by atoms with Gasteiger partial charge in [-0.25, -0.2) is 0 Å². The van der Waals surface area contributed by atoms with Crippen molar-refractivity contribution in [2.45, 2.75) is 37.8 Å². The molecule has 9 heteroatoms. The molecule has 0 radical (unpaired) electrons. The lowest BCUT2D eigenvalue weighted by Gasteiger charge is -2.34. The first-order valence-electron chi connectivity index (χ1n) is 7.64. The Labute approximate surface area is 144 Å². The van der Waals surface area contributed by atoms with Crippen LogP contribution < -0.4 is 5.73 Å². The summed E-state index contributed by atoms with van der Waals surface area (Å²) in [5.74, 6) is 1.56. The Morgan fingerprint density at radius 1 is 1.25 bits per heavy atom. The van der Waals surface area contributed by atoms with Crippen molar-refractivity contribution in [3.8, 4) is 11.4 Å². The van der Waals surface area contributed by atoms with Crippen molar-refractivity contribution in [1.82, 2.24) is 30.3 Å². The van der Waals surface area contributed by atoms with E-state index in [0.29, 0.717) is 17.5 Å². The minimum atomic E-state index is -0.438. The molecule has 0 saturated heterocycles. The molecule has 0 spiro atoms. The third-order valence-corrected chi connectivity index (χ3v) is 4.30. The Hall–Kier alpha value is -2.32. The average molecular weight is 348 g/mol. The van der Waals surface area contributed by atoms with Crippen LogP contribution in [0.3, 0.4) is 0 Å². The molecule has 0 amide bonds. The summed E-state index contributed by atoms with van der Waals surface area (Å²) >= 11 is 0. The third kappa shape index (κ3) is 2.78. The van der Waals surface area contributed by atoms with Crippen molar-refractivity contribution in [1.29, 1.82) is 0 Å². The first-order chi connectivity index (χ1) is 11.2. The molecule has 2 heterocycles. The summed E-state index contributed by atoms with van der Waals surface area (Å²) in [5, 5.41) is 16.6. The van der Waals surface area contributed by atoms with Crippen molar-refractivity contribution in [2.75, 3.05) is 0 Å². The summed E-state index contributed by atoms with van der Waals surface area (Å²) in [6, 6.07) is 9.38. The van der Waals surface area contributed by atoms with Gasteiger partial charge in [-0.1, -0.05) is 35.5 Å². The lowest BCUT2D eigenvalue weighted by atomic mass is 9.77. The molecule has 0 aliphatic heterocycles. The van der Waals surface area contributed by atoms with Gasteiger partial charge >= 0.3 is 0 Å². The fraction of sp³-hybridized carbons (Fsp3) is 0.400. The van der Waals surface area contributed by atoms with Crippen LogP contribution in [-0.4, -0.2) is 30.3 Å². The van der Waals surface area contributed by atoms with Crippen molar-refractivity contribution < 1.29 is 4.52 Å². The second-order valence-electron chi connectivity index (χ2n) is 5.94. The van der Waals surface area contributed by atoms with Gasteiger partial charge < -0.3 is 10.3 Å². The monoisotopic (exact) mass is 347 g/mol. The molecule has 0 bridgehead atoms. The zero-order chi connectivity index (χ0) is 15.9. The van der Waals surface area contributed by atoms with E-state index in [-0.39, 0.29) is 18.4 Å². The fourth-order valence-corrected chi connectivity index (χ4v) is 2.58. The Kier molecular flexibility index (Phi) is 4.33. The van der Waals surface area contributed by atoms with Gasteiger partial charge in [0, 0.05) is 5.56 Å². The summed E-state index contributed by atoms with van der Waals surface area (Å²) < 4.78 is 5.35. The first kappa shape index (κ1) is 16.5. The second kappa shape index (κ2) is 6.29. The third-order valence-electron chi connectivity index (χ3n) is 4.30. The molecule has 1 atom stereocenters. The Balaban J connectivity index is 0.00000169. The number of benzene rings is 1. The molecule has 2 N–H and O–H groups in total. The predicted octanol–water partition coefficient (Wildman–Crippen LogP) is 2.09. The predicted molar refractivity (Wildman–Crippen MR) is 88.3 cm³/mol. The maximum atomic E-state index is 6.22. The molecule has 1 fully saturated rings. The highest BCUT2D eigenvalue weighted by atomic mass is 35.5. The van der Waals surface area contributed by atoms with Crippen LogP contribution >= 0.6 is 12.4 Å².